The summed E-state index contributed by atoms with van der Waals surface area (Å²) in [6.07, 6.45) is 8.52. The number of rotatable bonds is 4. The van der Waals surface area contributed by atoms with Crippen molar-refractivity contribution >= 4 is 17.7 Å². The Bertz CT molecular complexity index is 581. The van der Waals surface area contributed by atoms with E-state index in [4.69, 9.17) is 4.74 Å². The van der Waals surface area contributed by atoms with Crippen molar-refractivity contribution in [2.45, 2.75) is 44.6 Å². The number of hydrogen-bond donors (Lipinski definition) is 1. The molecule has 1 unspecified atom stereocenters. The predicted molar refractivity (Wildman–Crippen MR) is 96.2 cm³/mol. The van der Waals surface area contributed by atoms with E-state index in [2.05, 4.69) is 17.5 Å². The largest absolute Gasteiger partial charge is 0.371 e. The molecule has 26 heavy (non-hydrogen) atoms. The maximum absolute atomic E-state index is 12.6. The Morgan fingerprint density at radius 1 is 1.15 bits per heavy atom. The lowest BCUT2D eigenvalue weighted by atomic mass is 9.89. The third kappa shape index (κ3) is 4.63. The third-order valence-electron chi connectivity index (χ3n) is 5.67. The Morgan fingerprint density at radius 3 is 2.58 bits per heavy atom. The van der Waals surface area contributed by atoms with Crippen molar-refractivity contribution in [1.29, 1.82) is 0 Å². The molecule has 1 spiro atoms. The molecule has 1 atom stereocenters. The van der Waals surface area contributed by atoms with E-state index in [0.29, 0.717) is 45.1 Å². The van der Waals surface area contributed by atoms with Gasteiger partial charge in [-0.15, -0.1) is 0 Å². The van der Waals surface area contributed by atoms with Crippen LogP contribution in [-0.4, -0.2) is 72.5 Å². The van der Waals surface area contributed by atoms with Crippen LogP contribution in [0, 0.1) is 5.92 Å². The Morgan fingerprint density at radius 2 is 1.92 bits per heavy atom. The van der Waals surface area contributed by atoms with Gasteiger partial charge >= 0.3 is 0 Å². The number of morpholine rings is 1. The Kier molecular flexibility index (Phi) is 5.96. The van der Waals surface area contributed by atoms with Gasteiger partial charge in [0.05, 0.1) is 18.8 Å². The fourth-order valence-electron chi connectivity index (χ4n) is 4.05. The monoisotopic (exact) mass is 363 g/mol. The van der Waals surface area contributed by atoms with Crippen molar-refractivity contribution in [3.05, 3.63) is 12.2 Å². The first-order valence-electron chi connectivity index (χ1n) is 9.58. The summed E-state index contributed by atoms with van der Waals surface area (Å²) in [5.74, 6) is 0.337. The van der Waals surface area contributed by atoms with E-state index < -0.39 is 0 Å². The quantitative estimate of drug-likeness (QED) is 0.746. The van der Waals surface area contributed by atoms with Gasteiger partial charge in [-0.05, 0) is 31.6 Å². The van der Waals surface area contributed by atoms with Crippen molar-refractivity contribution in [2.24, 2.45) is 5.92 Å². The van der Waals surface area contributed by atoms with Crippen molar-refractivity contribution in [1.82, 2.24) is 15.1 Å². The lowest BCUT2D eigenvalue weighted by Crippen LogP contribution is -2.59. The fraction of sp³-hybridized carbons (Fsp3) is 0.737. The van der Waals surface area contributed by atoms with Crippen LogP contribution in [0.1, 0.15) is 39.0 Å². The van der Waals surface area contributed by atoms with E-state index in [9.17, 15) is 14.4 Å². The molecule has 3 rings (SSSR count). The van der Waals surface area contributed by atoms with Crippen molar-refractivity contribution in [3.8, 4) is 0 Å². The first-order valence-corrected chi connectivity index (χ1v) is 9.58. The molecular weight excluding hydrogens is 334 g/mol. The molecule has 0 aromatic carbocycles. The second-order valence-corrected chi connectivity index (χ2v) is 7.61. The summed E-state index contributed by atoms with van der Waals surface area (Å²) in [6.45, 7) is 4.49. The lowest BCUT2D eigenvalue weighted by Gasteiger charge is -2.47. The molecule has 2 saturated heterocycles. The number of carbonyl (C=O) groups excluding carboxylic acids is 3. The standard InChI is InChI=1S/C19H29N3O4/c1-15(23)20-13-18(25)21-8-6-19(7-9-21)14-22(10-11-26-19)17(24)12-16-4-2-3-5-16/h2,4,16H,3,5-14H2,1H3,(H,20,23). The van der Waals surface area contributed by atoms with E-state index >= 15 is 0 Å². The second-order valence-electron chi connectivity index (χ2n) is 7.61. The third-order valence-corrected chi connectivity index (χ3v) is 5.67. The topological polar surface area (TPSA) is 79.0 Å². The average molecular weight is 363 g/mol. The maximum atomic E-state index is 12.6. The van der Waals surface area contributed by atoms with Crippen molar-refractivity contribution < 1.29 is 19.1 Å². The van der Waals surface area contributed by atoms with Gasteiger partial charge in [0.25, 0.3) is 0 Å². The summed E-state index contributed by atoms with van der Waals surface area (Å²) < 4.78 is 6.07. The SMILES string of the molecule is CC(=O)NCC(=O)N1CCC2(CC1)CN(C(=O)CC1C=CCC1)CCO2. The average Bonchev–Trinajstić information content (AvgIpc) is 3.13. The number of carbonyl (C=O) groups is 3. The molecule has 1 aliphatic carbocycles. The molecule has 144 valence electrons. The summed E-state index contributed by atoms with van der Waals surface area (Å²) >= 11 is 0. The molecule has 1 N–H and O–H groups in total. The highest BCUT2D eigenvalue weighted by atomic mass is 16.5. The number of amides is 3. The molecule has 7 nitrogen and oxygen atoms in total. The van der Waals surface area contributed by atoms with Gasteiger partial charge in [-0.1, -0.05) is 12.2 Å². The van der Waals surface area contributed by atoms with Crippen LogP contribution in [0.5, 0.6) is 0 Å². The molecule has 0 radical (unpaired) electrons. The first-order chi connectivity index (χ1) is 12.5. The summed E-state index contributed by atoms with van der Waals surface area (Å²) in [4.78, 5) is 39.4. The van der Waals surface area contributed by atoms with Crippen LogP contribution in [0.2, 0.25) is 0 Å². The molecule has 3 amide bonds. The van der Waals surface area contributed by atoms with E-state index in [0.717, 1.165) is 25.7 Å². The highest BCUT2D eigenvalue weighted by Gasteiger charge is 2.41. The zero-order valence-corrected chi connectivity index (χ0v) is 15.5. The number of allylic oxidation sites excluding steroid dienone is 2. The van der Waals surface area contributed by atoms with Gasteiger partial charge in [0.15, 0.2) is 0 Å². The Labute approximate surface area is 154 Å². The van der Waals surface area contributed by atoms with Crippen LogP contribution in [-0.2, 0) is 19.1 Å². The maximum Gasteiger partial charge on any atom is 0.241 e. The van der Waals surface area contributed by atoms with Crippen LogP contribution < -0.4 is 5.32 Å². The predicted octanol–water partition coefficient (Wildman–Crippen LogP) is 0.699. The van der Waals surface area contributed by atoms with E-state index in [-0.39, 0.29) is 29.9 Å². The minimum Gasteiger partial charge on any atom is -0.371 e. The molecule has 0 saturated carbocycles. The smallest absolute Gasteiger partial charge is 0.241 e. The van der Waals surface area contributed by atoms with Gasteiger partial charge in [0.1, 0.15) is 0 Å². The second kappa shape index (κ2) is 8.20. The summed E-state index contributed by atoms with van der Waals surface area (Å²) in [5, 5.41) is 2.55. The Hall–Kier alpha value is -1.89. The van der Waals surface area contributed by atoms with Crippen LogP contribution in [0.4, 0.5) is 0 Å². The highest BCUT2D eigenvalue weighted by Crippen LogP contribution is 2.31. The van der Waals surface area contributed by atoms with Gasteiger partial charge in [-0.25, -0.2) is 0 Å². The van der Waals surface area contributed by atoms with Gasteiger partial charge < -0.3 is 19.9 Å². The molecular formula is C19H29N3O4. The van der Waals surface area contributed by atoms with Gasteiger partial charge in [-0.2, -0.15) is 0 Å². The number of piperidine rings is 1. The number of nitrogens with one attached hydrogen (secondary N) is 1. The van der Waals surface area contributed by atoms with Crippen LogP contribution in [0.25, 0.3) is 0 Å². The molecule has 0 aromatic rings. The van der Waals surface area contributed by atoms with Crippen molar-refractivity contribution in [2.75, 3.05) is 39.3 Å². The summed E-state index contributed by atoms with van der Waals surface area (Å²) in [7, 11) is 0. The van der Waals surface area contributed by atoms with Gasteiger partial charge in [0.2, 0.25) is 17.7 Å². The lowest BCUT2D eigenvalue weighted by molar-refractivity contribution is -0.163. The molecule has 2 aliphatic heterocycles. The van der Waals surface area contributed by atoms with Crippen LogP contribution >= 0.6 is 0 Å². The van der Waals surface area contributed by atoms with E-state index in [1.807, 2.05) is 4.90 Å². The minimum absolute atomic E-state index is 0.0444. The van der Waals surface area contributed by atoms with Gasteiger partial charge in [-0.3, -0.25) is 14.4 Å². The van der Waals surface area contributed by atoms with Gasteiger partial charge in [0, 0.05) is 39.5 Å². The molecule has 2 heterocycles. The number of ether oxygens (including phenoxy) is 1. The van der Waals surface area contributed by atoms with E-state index in [1.54, 1.807) is 4.90 Å². The van der Waals surface area contributed by atoms with Crippen LogP contribution in [0.3, 0.4) is 0 Å². The number of nitrogens with zero attached hydrogens (tertiary/aromatic N) is 2. The normalized spacial score (nSPS) is 24.7. The highest BCUT2D eigenvalue weighted by molar-refractivity contribution is 5.83. The first kappa shape index (κ1) is 18.9. The molecule has 2 fully saturated rings. The van der Waals surface area contributed by atoms with Crippen LogP contribution in [0.15, 0.2) is 12.2 Å². The molecule has 3 aliphatic rings. The van der Waals surface area contributed by atoms with Crippen molar-refractivity contribution in [3.63, 3.8) is 0 Å². The summed E-state index contributed by atoms with van der Waals surface area (Å²) in [5.41, 5.74) is -0.329. The number of hydrogen-bond acceptors (Lipinski definition) is 4. The minimum atomic E-state index is -0.329. The zero-order chi connectivity index (χ0) is 18.6. The summed E-state index contributed by atoms with van der Waals surface area (Å²) in [6, 6.07) is 0. The Balaban J connectivity index is 1.49. The van der Waals surface area contributed by atoms with E-state index in [1.165, 1.54) is 6.92 Å². The molecule has 0 aromatic heterocycles. The number of likely N-dealkylation sites (tertiary alicyclic amines) is 1. The molecule has 7 heteroatoms. The molecule has 0 bridgehead atoms. The zero-order valence-electron chi connectivity index (χ0n) is 15.5. The fourth-order valence-corrected chi connectivity index (χ4v) is 4.05.